The summed E-state index contributed by atoms with van der Waals surface area (Å²) in [6, 6.07) is -1.33. The van der Waals surface area contributed by atoms with Gasteiger partial charge in [0.2, 0.25) is 0 Å². The predicted molar refractivity (Wildman–Crippen MR) is 28.1 cm³/mol. The molecule has 0 rings (SSSR count). The van der Waals surface area contributed by atoms with Crippen LogP contribution in [0.25, 0.3) is 0 Å². The fourth-order valence-corrected chi connectivity index (χ4v) is 0. The van der Waals surface area contributed by atoms with Gasteiger partial charge in [-0.25, -0.2) is 0 Å². The minimum Gasteiger partial charge on any atom is -0.300 e. The molecule has 0 saturated carbocycles. The van der Waals surface area contributed by atoms with Gasteiger partial charge in [-0.1, -0.05) is 0 Å². The monoisotopic (exact) mass is 179 g/mol. The van der Waals surface area contributed by atoms with Crippen LogP contribution in [0.4, 0.5) is 4.39 Å². The summed E-state index contributed by atoms with van der Waals surface area (Å²) in [4.78, 5) is 18.2. The van der Waals surface area contributed by atoms with E-state index < -0.39 is 6.04 Å². The van der Waals surface area contributed by atoms with Gasteiger partial charge in [0, 0.05) is 23.7 Å². The second kappa shape index (κ2) is 10.7. The number of carbonyl (C=O) groups is 2. The summed E-state index contributed by atoms with van der Waals surface area (Å²) in [6.07, 6.45) is 0. The van der Waals surface area contributed by atoms with Gasteiger partial charge in [-0.05, 0) is 13.8 Å². The molecule has 0 aliphatic heterocycles. The van der Waals surface area contributed by atoms with Crippen molar-refractivity contribution in [3.05, 3.63) is 0 Å². The van der Waals surface area contributed by atoms with Gasteiger partial charge in [0.25, 0.3) is 6.04 Å². The molecular weight excluding hydrogens is 170 g/mol. The maximum Gasteiger partial charge on any atom is 0.298 e. The molecule has 0 aromatic heterocycles. The van der Waals surface area contributed by atoms with Crippen molar-refractivity contribution in [1.82, 2.24) is 0 Å². The molecule has 9 heavy (non-hydrogen) atoms. The summed E-state index contributed by atoms with van der Waals surface area (Å²) in [6.45, 7) is 3.92. The zero-order valence-corrected chi connectivity index (χ0v) is 6.57. The van der Waals surface area contributed by atoms with Crippen LogP contribution in [0.5, 0.6) is 0 Å². The van der Waals surface area contributed by atoms with Crippen molar-refractivity contribution in [3.63, 3.8) is 0 Å². The number of halogens is 1. The average molecular weight is 179 g/mol. The zero-order valence-electron chi connectivity index (χ0n) is 5.53. The van der Waals surface area contributed by atoms with Gasteiger partial charge in [0.15, 0.2) is 0 Å². The van der Waals surface area contributed by atoms with Crippen molar-refractivity contribution in [2.75, 3.05) is 0 Å². The van der Waals surface area contributed by atoms with Gasteiger partial charge in [-0.15, -0.1) is 0 Å². The topological polar surface area (TPSA) is 34.1 Å². The Hall–Kier alpha value is -0.224. The van der Waals surface area contributed by atoms with E-state index in [1.165, 1.54) is 13.8 Å². The number of carbonyl (C=O) groups excluding carboxylic acids is 2. The molecule has 0 saturated heterocycles. The van der Waals surface area contributed by atoms with Crippen LogP contribution in [-0.2, 0) is 26.4 Å². The Labute approximate surface area is 64.0 Å². The normalized spacial score (nSPS) is 5.78. The van der Waals surface area contributed by atoms with E-state index in [-0.39, 0.29) is 22.6 Å². The summed E-state index contributed by atoms with van der Waals surface area (Å²) < 4.78 is 10.4. The van der Waals surface area contributed by atoms with Crippen LogP contribution in [0.3, 0.4) is 0 Å². The molecule has 0 unspecified atom stereocenters. The molecule has 0 fully saturated rings. The average Bonchev–Trinajstić information content (AvgIpc) is 1.25. The Bertz CT molecular complexity index is 73.0. The van der Waals surface area contributed by atoms with Crippen LogP contribution in [-0.4, -0.2) is 11.8 Å². The van der Waals surface area contributed by atoms with Gasteiger partial charge in [-0.3, -0.25) is 4.79 Å². The van der Waals surface area contributed by atoms with Gasteiger partial charge >= 0.3 is 0 Å². The third-order valence-electron chi connectivity index (χ3n) is 0. The molecule has 0 aromatic carbocycles. The summed E-state index contributed by atoms with van der Waals surface area (Å²) in [5.74, 6) is 0.167. The first kappa shape index (κ1) is 15.9. The molecule has 0 aliphatic carbocycles. The first-order valence-corrected chi connectivity index (χ1v) is 2.10. The van der Waals surface area contributed by atoms with Crippen LogP contribution >= 0.6 is 0 Å². The molecule has 0 heterocycles. The van der Waals surface area contributed by atoms with Crippen molar-refractivity contribution in [2.45, 2.75) is 20.8 Å². The zero-order chi connectivity index (χ0) is 7.15. The molecule has 4 heteroatoms. The van der Waals surface area contributed by atoms with Crippen LogP contribution in [0.15, 0.2) is 0 Å². The number of hydrogen-bond donors (Lipinski definition) is 0. The second-order valence-corrected chi connectivity index (χ2v) is 1.38. The molecule has 0 aromatic rings. The summed E-state index contributed by atoms with van der Waals surface area (Å²) in [5.41, 5.74) is 0. The molecule has 0 bridgehead atoms. The van der Waals surface area contributed by atoms with E-state index in [0.717, 1.165) is 6.92 Å². The van der Waals surface area contributed by atoms with Crippen LogP contribution < -0.4 is 0 Å². The predicted octanol–water partition coefficient (Wildman–Crippen LogP) is 1.10. The summed E-state index contributed by atoms with van der Waals surface area (Å²) in [7, 11) is 0. The summed E-state index contributed by atoms with van der Waals surface area (Å²) >= 11 is 0. The fraction of sp³-hybridized carbons (Fsp3) is 0.600. The standard InChI is InChI=1S/C3H6O.C2H3FO.Co/c1-3(2)4;1-2(3)4;/h1-2H3;1H3;. The Balaban J connectivity index is -0.0000000720. The maximum absolute atomic E-state index is 10.4. The number of ketones is 1. The fourth-order valence-electron chi connectivity index (χ4n) is 0. The maximum atomic E-state index is 10.4. The third-order valence-corrected chi connectivity index (χ3v) is 0. The molecule has 0 atom stereocenters. The van der Waals surface area contributed by atoms with Crippen molar-refractivity contribution in [1.29, 1.82) is 0 Å². The van der Waals surface area contributed by atoms with Crippen molar-refractivity contribution in [2.24, 2.45) is 0 Å². The Morgan fingerprint density at radius 1 is 1.11 bits per heavy atom. The minimum atomic E-state index is -1.33. The van der Waals surface area contributed by atoms with Crippen LogP contribution in [0, 0.1) is 0 Å². The van der Waals surface area contributed by atoms with E-state index >= 15 is 0 Å². The molecule has 0 amide bonds. The SMILES string of the molecule is CC(=O)F.CC(C)=O.[Co]. The van der Waals surface area contributed by atoms with E-state index in [9.17, 15) is 9.18 Å². The van der Waals surface area contributed by atoms with E-state index in [2.05, 4.69) is 0 Å². The molecular formula is C5H9CoFO2. The van der Waals surface area contributed by atoms with Gasteiger partial charge in [0.05, 0.1) is 0 Å². The van der Waals surface area contributed by atoms with E-state index in [0.29, 0.717) is 0 Å². The number of rotatable bonds is 0. The quantitative estimate of drug-likeness (QED) is 0.521. The van der Waals surface area contributed by atoms with Gasteiger partial charge in [-0.2, -0.15) is 4.39 Å². The van der Waals surface area contributed by atoms with Gasteiger partial charge in [0.1, 0.15) is 5.78 Å². The van der Waals surface area contributed by atoms with Crippen LogP contribution in [0.2, 0.25) is 0 Å². The molecule has 57 valence electrons. The minimum absolute atomic E-state index is 0. The molecule has 1 radical (unpaired) electrons. The molecule has 0 spiro atoms. The smallest absolute Gasteiger partial charge is 0.298 e. The third kappa shape index (κ3) is 5190. The largest absolute Gasteiger partial charge is 0.300 e. The first-order valence-electron chi connectivity index (χ1n) is 2.10. The van der Waals surface area contributed by atoms with Crippen LogP contribution in [0.1, 0.15) is 20.8 Å². The molecule has 0 N–H and O–H groups in total. The van der Waals surface area contributed by atoms with Crippen molar-refractivity contribution in [3.8, 4) is 0 Å². The van der Waals surface area contributed by atoms with Crippen molar-refractivity contribution < 1.29 is 30.8 Å². The Kier molecular flexibility index (Phi) is 18.9. The number of hydrogen-bond acceptors (Lipinski definition) is 2. The van der Waals surface area contributed by atoms with Gasteiger partial charge < -0.3 is 4.79 Å². The number of Topliss-reactive ketones (excluding diaryl/α,β-unsaturated/α-hetero) is 1. The Morgan fingerprint density at radius 2 is 1.11 bits per heavy atom. The van der Waals surface area contributed by atoms with E-state index in [1.54, 1.807) is 0 Å². The van der Waals surface area contributed by atoms with E-state index in [1.807, 2.05) is 0 Å². The molecule has 2 nitrogen and oxygen atoms in total. The Morgan fingerprint density at radius 3 is 1.11 bits per heavy atom. The van der Waals surface area contributed by atoms with E-state index in [4.69, 9.17) is 4.79 Å². The summed E-state index contributed by atoms with van der Waals surface area (Å²) in [5, 5.41) is 0. The van der Waals surface area contributed by atoms with Crippen molar-refractivity contribution >= 4 is 11.8 Å². The second-order valence-electron chi connectivity index (χ2n) is 1.38. The molecule has 0 aliphatic rings. The first-order chi connectivity index (χ1) is 3.46.